The third-order valence-corrected chi connectivity index (χ3v) is 2.44. The minimum absolute atomic E-state index is 1.09. The zero-order chi connectivity index (χ0) is 8.72. The number of nitrogens with zero attached hydrogens (tertiary/aromatic N) is 1. The molecule has 0 atom stereocenters. The maximum absolute atomic E-state index is 4.17. The van der Waals surface area contributed by atoms with Gasteiger partial charge < -0.3 is 0 Å². The average Bonchev–Trinajstić information content (AvgIpc) is 2.41. The molecule has 0 saturated carbocycles. The van der Waals surface area contributed by atoms with Gasteiger partial charge in [-0.1, -0.05) is 11.5 Å². The molecule has 2 nitrogen and oxygen atoms in total. The second-order valence-corrected chi connectivity index (χ2v) is 3.24. The van der Waals surface area contributed by atoms with Crippen molar-refractivity contribution in [3.05, 3.63) is 28.8 Å². The first-order valence-electron chi connectivity index (χ1n) is 4.11. The first kappa shape index (κ1) is 7.35. The van der Waals surface area contributed by atoms with Gasteiger partial charge in [-0.2, -0.15) is 0 Å². The molecular weight excluding hydrogens is 148 g/mol. The molecular formula is C10H12N2+. The van der Waals surface area contributed by atoms with Crippen molar-refractivity contribution in [2.24, 2.45) is 0 Å². The fourth-order valence-corrected chi connectivity index (χ4v) is 1.58. The lowest BCUT2D eigenvalue weighted by atomic mass is 9.99. The van der Waals surface area contributed by atoms with Crippen LogP contribution < -0.4 is 10.5 Å². The van der Waals surface area contributed by atoms with Crippen LogP contribution in [-0.2, 0) is 0 Å². The van der Waals surface area contributed by atoms with Crippen LogP contribution in [0.1, 0.15) is 23.6 Å². The number of hydrogen-bond acceptors (Lipinski definition) is 2. The van der Waals surface area contributed by atoms with Crippen LogP contribution in [-0.4, -0.2) is 5.71 Å². The Hall–Kier alpha value is -1.31. The minimum Gasteiger partial charge on any atom is -0.0998 e. The number of benzene rings is 1. The molecule has 2 rings (SSSR count). The van der Waals surface area contributed by atoms with Crippen LogP contribution >= 0.6 is 0 Å². The minimum atomic E-state index is 1.09. The molecule has 1 N–H and O–H groups in total. The van der Waals surface area contributed by atoms with Crippen LogP contribution in [0.5, 0.6) is 0 Å². The van der Waals surface area contributed by atoms with Crippen molar-refractivity contribution in [1.82, 2.24) is 5.10 Å². The quantitative estimate of drug-likeness (QED) is 0.615. The molecule has 1 aliphatic heterocycles. The van der Waals surface area contributed by atoms with Gasteiger partial charge in [0.2, 0.25) is 0 Å². The number of anilines is 1. The molecule has 1 aliphatic rings. The van der Waals surface area contributed by atoms with Crippen molar-refractivity contribution in [3.8, 4) is 0 Å². The standard InChI is InChI=1S/C10H12N2/c1-6-4-5-9-10(7(6)2)8(3)11-12-9/h4-5,12H,1-3H3/q+1. The van der Waals surface area contributed by atoms with E-state index in [0.29, 0.717) is 0 Å². The molecule has 0 unspecified atom stereocenters. The number of fused-ring (bicyclic) bond motifs is 1. The Labute approximate surface area is 72.3 Å². The zero-order valence-corrected chi connectivity index (χ0v) is 7.60. The second-order valence-electron chi connectivity index (χ2n) is 3.24. The SMILES string of the molecule is CC1=[N+]Nc2ccc(C)c(C)c21. The lowest BCUT2D eigenvalue weighted by Crippen LogP contribution is -1.99. The lowest BCUT2D eigenvalue weighted by Gasteiger charge is -2.02. The summed E-state index contributed by atoms with van der Waals surface area (Å²) in [5.41, 5.74) is 9.16. The fraction of sp³-hybridized carbons (Fsp3) is 0.300. The van der Waals surface area contributed by atoms with Crippen molar-refractivity contribution >= 4 is 11.4 Å². The Bertz CT molecular complexity index is 364. The first-order chi connectivity index (χ1) is 5.70. The van der Waals surface area contributed by atoms with Gasteiger partial charge in [-0.3, -0.25) is 0 Å². The lowest BCUT2D eigenvalue weighted by molar-refractivity contribution is 1.23. The van der Waals surface area contributed by atoms with Crippen molar-refractivity contribution in [2.75, 3.05) is 5.43 Å². The van der Waals surface area contributed by atoms with Crippen molar-refractivity contribution < 1.29 is 0 Å². The Morgan fingerprint density at radius 1 is 1.17 bits per heavy atom. The van der Waals surface area contributed by atoms with Gasteiger partial charge in [0, 0.05) is 6.92 Å². The van der Waals surface area contributed by atoms with E-state index in [2.05, 4.69) is 36.5 Å². The molecule has 1 aromatic rings. The maximum Gasteiger partial charge on any atom is 0.293 e. The maximum atomic E-state index is 4.17. The van der Waals surface area contributed by atoms with E-state index in [1.807, 2.05) is 6.92 Å². The summed E-state index contributed by atoms with van der Waals surface area (Å²) in [6.07, 6.45) is 0. The number of hydrogen-bond donors (Lipinski definition) is 1. The molecule has 61 valence electrons. The van der Waals surface area contributed by atoms with Crippen LogP contribution in [0.4, 0.5) is 5.69 Å². The Morgan fingerprint density at radius 2 is 1.92 bits per heavy atom. The Balaban J connectivity index is 2.70. The van der Waals surface area contributed by atoms with E-state index in [9.17, 15) is 0 Å². The van der Waals surface area contributed by atoms with Crippen LogP contribution in [0.3, 0.4) is 0 Å². The van der Waals surface area contributed by atoms with Gasteiger partial charge >= 0.3 is 0 Å². The van der Waals surface area contributed by atoms with E-state index in [-0.39, 0.29) is 0 Å². The molecule has 0 bridgehead atoms. The highest BCUT2D eigenvalue weighted by Gasteiger charge is 2.25. The van der Waals surface area contributed by atoms with Gasteiger partial charge in [-0.25, -0.2) is 0 Å². The molecule has 2 heteroatoms. The molecule has 0 aliphatic carbocycles. The molecule has 0 saturated heterocycles. The molecule has 1 radical (unpaired) electrons. The fourth-order valence-electron chi connectivity index (χ4n) is 1.58. The summed E-state index contributed by atoms with van der Waals surface area (Å²) in [4.78, 5) is 0. The van der Waals surface area contributed by atoms with E-state index in [1.165, 1.54) is 16.7 Å². The van der Waals surface area contributed by atoms with Crippen molar-refractivity contribution in [3.63, 3.8) is 0 Å². The van der Waals surface area contributed by atoms with Gasteiger partial charge in [-0.05, 0) is 31.0 Å². The number of nitrogens with one attached hydrogen (secondary N) is 1. The van der Waals surface area contributed by atoms with Crippen LogP contribution in [0.15, 0.2) is 12.1 Å². The summed E-state index contributed by atoms with van der Waals surface area (Å²) in [5.74, 6) is 0. The summed E-state index contributed by atoms with van der Waals surface area (Å²) in [6, 6.07) is 4.20. The predicted molar refractivity (Wildman–Crippen MR) is 51.5 cm³/mol. The average molecular weight is 160 g/mol. The highest BCUT2D eigenvalue weighted by Crippen LogP contribution is 2.24. The molecule has 0 fully saturated rings. The van der Waals surface area contributed by atoms with Crippen LogP contribution in [0.2, 0.25) is 0 Å². The summed E-state index contributed by atoms with van der Waals surface area (Å²) in [7, 11) is 0. The third-order valence-electron chi connectivity index (χ3n) is 2.44. The summed E-state index contributed by atoms with van der Waals surface area (Å²) in [5, 5.41) is 4.17. The van der Waals surface area contributed by atoms with E-state index in [1.54, 1.807) is 0 Å². The highest BCUT2D eigenvalue weighted by atomic mass is 15.3. The van der Waals surface area contributed by atoms with E-state index in [4.69, 9.17) is 0 Å². The number of rotatable bonds is 0. The Kier molecular flexibility index (Phi) is 1.43. The van der Waals surface area contributed by atoms with Gasteiger partial charge in [0.1, 0.15) is 5.69 Å². The molecule has 0 spiro atoms. The van der Waals surface area contributed by atoms with E-state index in [0.717, 1.165) is 11.4 Å². The van der Waals surface area contributed by atoms with Gasteiger partial charge in [-0.15, -0.1) is 0 Å². The topological polar surface area (TPSA) is 26.1 Å². The monoisotopic (exact) mass is 160 g/mol. The molecule has 1 heterocycles. The third kappa shape index (κ3) is 0.843. The number of aryl methyl sites for hydroxylation is 1. The van der Waals surface area contributed by atoms with Crippen molar-refractivity contribution in [1.29, 1.82) is 0 Å². The van der Waals surface area contributed by atoms with Crippen LogP contribution in [0.25, 0.3) is 0 Å². The summed E-state index contributed by atoms with van der Waals surface area (Å²) < 4.78 is 0. The molecule has 0 amide bonds. The summed E-state index contributed by atoms with van der Waals surface area (Å²) >= 11 is 0. The van der Waals surface area contributed by atoms with Gasteiger partial charge in [0.25, 0.3) is 5.71 Å². The van der Waals surface area contributed by atoms with Gasteiger partial charge in [0.05, 0.1) is 5.56 Å². The second kappa shape index (κ2) is 2.34. The van der Waals surface area contributed by atoms with E-state index >= 15 is 0 Å². The van der Waals surface area contributed by atoms with E-state index < -0.39 is 0 Å². The Morgan fingerprint density at radius 3 is 2.67 bits per heavy atom. The van der Waals surface area contributed by atoms with Gasteiger partial charge in [0.15, 0.2) is 5.10 Å². The largest absolute Gasteiger partial charge is 0.293 e. The number of hydrazone groups is 1. The highest BCUT2D eigenvalue weighted by molar-refractivity contribution is 6.07. The first-order valence-corrected chi connectivity index (χ1v) is 4.11. The molecule has 0 aromatic heterocycles. The molecule has 1 aromatic carbocycles. The predicted octanol–water partition coefficient (Wildman–Crippen LogP) is 1.79. The normalized spacial score (nSPS) is 13.8. The molecule has 12 heavy (non-hydrogen) atoms. The van der Waals surface area contributed by atoms with Crippen LogP contribution in [0, 0.1) is 13.8 Å². The zero-order valence-electron chi connectivity index (χ0n) is 7.60. The smallest absolute Gasteiger partial charge is 0.0998 e. The van der Waals surface area contributed by atoms with Crippen molar-refractivity contribution in [2.45, 2.75) is 20.8 Å². The summed E-state index contributed by atoms with van der Waals surface area (Å²) in [6.45, 7) is 6.30.